The fourth-order valence-corrected chi connectivity index (χ4v) is 4.25. The van der Waals surface area contributed by atoms with Crippen LogP contribution in [0.5, 0.6) is 5.75 Å². The van der Waals surface area contributed by atoms with Crippen molar-refractivity contribution in [1.82, 2.24) is 10.2 Å². The first-order valence-corrected chi connectivity index (χ1v) is 13.4. The maximum atomic E-state index is 13.6. The molecule has 0 aromatic heterocycles. The Balaban J connectivity index is 1.79. The van der Waals surface area contributed by atoms with E-state index in [0.717, 1.165) is 17.5 Å². The van der Waals surface area contributed by atoms with Gasteiger partial charge < -0.3 is 15.0 Å². The van der Waals surface area contributed by atoms with E-state index in [0.29, 0.717) is 35.2 Å². The molecule has 196 valence electrons. The molecule has 37 heavy (non-hydrogen) atoms. The lowest BCUT2D eigenvalue weighted by molar-refractivity contribution is -0.141. The zero-order chi connectivity index (χ0) is 26.6. The molecule has 0 radical (unpaired) electrons. The average Bonchev–Trinajstić information content (AvgIpc) is 2.90. The van der Waals surface area contributed by atoms with Crippen molar-refractivity contribution >= 4 is 35.0 Å². The summed E-state index contributed by atoms with van der Waals surface area (Å²) >= 11 is 12.2. The van der Waals surface area contributed by atoms with Crippen LogP contribution >= 0.6 is 23.2 Å². The van der Waals surface area contributed by atoms with Crippen molar-refractivity contribution in [3.05, 3.63) is 100 Å². The van der Waals surface area contributed by atoms with Gasteiger partial charge in [0.05, 0.1) is 6.61 Å². The lowest BCUT2D eigenvalue weighted by atomic mass is 10.0. The normalized spacial score (nSPS) is 12.4. The summed E-state index contributed by atoms with van der Waals surface area (Å²) in [5, 5.41) is 4.31. The van der Waals surface area contributed by atoms with Crippen LogP contribution < -0.4 is 10.1 Å². The van der Waals surface area contributed by atoms with Crippen molar-refractivity contribution < 1.29 is 14.3 Å². The van der Waals surface area contributed by atoms with Crippen molar-refractivity contribution in [3.8, 4) is 5.75 Å². The van der Waals surface area contributed by atoms with Crippen LogP contribution in [0.1, 0.15) is 44.2 Å². The summed E-state index contributed by atoms with van der Waals surface area (Å²) in [6, 6.07) is 23.6. The monoisotopic (exact) mass is 540 g/mol. The number of hydrogen-bond acceptors (Lipinski definition) is 3. The molecule has 3 aromatic rings. The summed E-state index contributed by atoms with van der Waals surface area (Å²) < 4.78 is 5.77. The molecule has 2 atom stereocenters. The van der Waals surface area contributed by atoms with Gasteiger partial charge in [0.15, 0.2) is 0 Å². The Kier molecular flexibility index (Phi) is 11.3. The van der Waals surface area contributed by atoms with Gasteiger partial charge in [0.2, 0.25) is 11.8 Å². The average molecular weight is 542 g/mol. The Morgan fingerprint density at radius 1 is 0.919 bits per heavy atom. The van der Waals surface area contributed by atoms with Crippen molar-refractivity contribution in [2.45, 2.75) is 58.2 Å². The van der Waals surface area contributed by atoms with Crippen LogP contribution in [0.15, 0.2) is 78.9 Å². The molecule has 3 aromatic carbocycles. The summed E-state index contributed by atoms with van der Waals surface area (Å²) in [6.45, 7) is 4.64. The Bertz CT molecular complexity index is 1140. The molecule has 2 amide bonds. The van der Waals surface area contributed by atoms with E-state index in [4.69, 9.17) is 27.9 Å². The van der Waals surface area contributed by atoms with Gasteiger partial charge in [0.25, 0.3) is 0 Å². The van der Waals surface area contributed by atoms with E-state index in [1.807, 2.05) is 62.4 Å². The van der Waals surface area contributed by atoms with Gasteiger partial charge >= 0.3 is 0 Å². The number of benzene rings is 3. The molecule has 0 aliphatic heterocycles. The van der Waals surface area contributed by atoms with Crippen LogP contribution in [0.3, 0.4) is 0 Å². The number of nitrogens with one attached hydrogen (secondary N) is 1. The molecule has 3 rings (SSSR count). The first kappa shape index (κ1) is 28.5. The highest BCUT2D eigenvalue weighted by Crippen LogP contribution is 2.20. The molecule has 7 heteroatoms. The van der Waals surface area contributed by atoms with E-state index in [2.05, 4.69) is 5.32 Å². The lowest BCUT2D eigenvalue weighted by Gasteiger charge is -2.32. The number of ether oxygens (including phenoxy) is 1. The topological polar surface area (TPSA) is 58.6 Å². The van der Waals surface area contributed by atoms with Crippen LogP contribution in [0.4, 0.5) is 0 Å². The molecule has 0 heterocycles. The third-order valence-corrected chi connectivity index (χ3v) is 6.62. The largest absolute Gasteiger partial charge is 0.494 e. The minimum absolute atomic E-state index is 0.00155. The molecule has 0 aliphatic carbocycles. The second kappa shape index (κ2) is 14.7. The second-order valence-electron chi connectivity index (χ2n) is 9.08. The van der Waals surface area contributed by atoms with Gasteiger partial charge in [0.1, 0.15) is 11.8 Å². The summed E-state index contributed by atoms with van der Waals surface area (Å²) in [4.78, 5) is 28.8. The minimum Gasteiger partial charge on any atom is -0.494 e. The molecule has 0 unspecified atom stereocenters. The Labute approximate surface area is 229 Å². The van der Waals surface area contributed by atoms with Gasteiger partial charge in [-0.2, -0.15) is 0 Å². The minimum atomic E-state index is -0.667. The van der Waals surface area contributed by atoms with Crippen LogP contribution in [-0.2, 0) is 22.6 Å². The summed E-state index contributed by atoms with van der Waals surface area (Å²) in [5.41, 5.74) is 1.86. The summed E-state index contributed by atoms with van der Waals surface area (Å²) in [7, 11) is 0. The van der Waals surface area contributed by atoms with Crippen molar-refractivity contribution in [1.29, 1.82) is 0 Å². The summed E-state index contributed by atoms with van der Waals surface area (Å²) in [6.07, 6.45) is 1.97. The van der Waals surface area contributed by atoms with Crippen LogP contribution in [0.25, 0.3) is 0 Å². The number of amides is 2. The molecule has 0 fully saturated rings. The van der Waals surface area contributed by atoms with Crippen molar-refractivity contribution in [3.63, 3.8) is 0 Å². The quantitative estimate of drug-likeness (QED) is 0.245. The maximum Gasteiger partial charge on any atom is 0.243 e. The van der Waals surface area contributed by atoms with Crippen LogP contribution in [-0.4, -0.2) is 35.4 Å². The van der Waals surface area contributed by atoms with Gasteiger partial charge in [-0.3, -0.25) is 9.59 Å². The van der Waals surface area contributed by atoms with Crippen LogP contribution in [0, 0.1) is 0 Å². The van der Waals surface area contributed by atoms with E-state index in [1.54, 1.807) is 35.2 Å². The van der Waals surface area contributed by atoms with E-state index in [1.165, 1.54) is 0 Å². The second-order valence-corrected chi connectivity index (χ2v) is 9.95. The fourth-order valence-electron chi connectivity index (χ4n) is 3.91. The standard InChI is InChI=1S/C30H34Cl2N2O3/c1-3-22(2)33-30(36)28(20-23-9-5-4-6-10-23)34(21-24-11-7-12-26(32)19-24)29(35)13-8-18-37-27-16-14-25(31)15-17-27/h4-7,9-12,14-17,19,22,28H,3,8,13,18,20-21H2,1-2H3,(H,33,36)/t22-,28+/m1/s1. The Morgan fingerprint density at radius 2 is 1.62 bits per heavy atom. The zero-order valence-corrected chi connectivity index (χ0v) is 22.8. The Hall–Kier alpha value is -3.02. The summed E-state index contributed by atoms with van der Waals surface area (Å²) in [5.74, 6) is 0.424. The van der Waals surface area contributed by atoms with Gasteiger partial charge in [-0.15, -0.1) is 0 Å². The third-order valence-electron chi connectivity index (χ3n) is 6.13. The van der Waals surface area contributed by atoms with Gasteiger partial charge in [-0.25, -0.2) is 0 Å². The highest BCUT2D eigenvalue weighted by Gasteiger charge is 2.30. The molecule has 1 N–H and O–H groups in total. The lowest BCUT2D eigenvalue weighted by Crippen LogP contribution is -2.52. The molecule has 0 aliphatic rings. The number of nitrogens with zero attached hydrogens (tertiary/aromatic N) is 1. The van der Waals surface area contributed by atoms with Crippen molar-refractivity contribution in [2.24, 2.45) is 0 Å². The smallest absolute Gasteiger partial charge is 0.243 e. The molecule has 0 saturated heterocycles. The van der Waals surface area contributed by atoms with E-state index >= 15 is 0 Å². The molecular weight excluding hydrogens is 507 g/mol. The molecule has 0 saturated carbocycles. The maximum absolute atomic E-state index is 13.6. The fraction of sp³-hybridized carbons (Fsp3) is 0.333. The van der Waals surface area contributed by atoms with Crippen LogP contribution in [0.2, 0.25) is 10.0 Å². The highest BCUT2D eigenvalue weighted by molar-refractivity contribution is 6.30. The Morgan fingerprint density at radius 3 is 2.30 bits per heavy atom. The van der Waals surface area contributed by atoms with Gasteiger partial charge in [-0.1, -0.05) is 72.6 Å². The van der Waals surface area contributed by atoms with E-state index < -0.39 is 6.04 Å². The van der Waals surface area contributed by atoms with Gasteiger partial charge in [-0.05, 0) is 67.3 Å². The molecular formula is C30H34Cl2N2O3. The number of halogens is 2. The first-order chi connectivity index (χ1) is 17.9. The van der Waals surface area contributed by atoms with Gasteiger partial charge in [0, 0.05) is 35.5 Å². The number of carbonyl (C=O) groups excluding carboxylic acids is 2. The zero-order valence-electron chi connectivity index (χ0n) is 21.3. The predicted octanol–water partition coefficient (Wildman–Crippen LogP) is 6.71. The number of rotatable bonds is 13. The number of hydrogen-bond donors (Lipinski definition) is 1. The highest BCUT2D eigenvalue weighted by atomic mass is 35.5. The van der Waals surface area contributed by atoms with E-state index in [-0.39, 0.29) is 30.8 Å². The molecule has 0 spiro atoms. The SMILES string of the molecule is CC[C@@H](C)NC(=O)[C@H](Cc1ccccc1)N(Cc1cccc(Cl)c1)C(=O)CCCOc1ccc(Cl)cc1. The predicted molar refractivity (Wildman–Crippen MR) is 150 cm³/mol. The third kappa shape index (κ3) is 9.42. The number of carbonyl (C=O) groups is 2. The van der Waals surface area contributed by atoms with Crippen molar-refractivity contribution in [2.75, 3.05) is 6.61 Å². The molecule has 0 bridgehead atoms. The first-order valence-electron chi connectivity index (χ1n) is 12.6. The van der Waals surface area contributed by atoms with E-state index in [9.17, 15) is 9.59 Å². The molecule has 5 nitrogen and oxygen atoms in total.